The summed E-state index contributed by atoms with van der Waals surface area (Å²) >= 11 is 0. The second-order valence-electron chi connectivity index (χ2n) is 9.15. The van der Waals surface area contributed by atoms with Gasteiger partial charge in [0.2, 0.25) is 6.19 Å². The predicted octanol–water partition coefficient (Wildman–Crippen LogP) is 18.9. The Morgan fingerprint density at radius 1 is 0.0962 bits per heavy atom. The van der Waals surface area contributed by atoms with Crippen LogP contribution in [0.25, 0.3) is 0 Å². The zero-order valence-electron chi connectivity index (χ0n) is 46.6. The SMILES string of the molecule is N#CN=N/N=N/N=N/N=N/N=N/N=N/N=N/N=N/N=N/N=N/N=N/N=N/N=N/N=N/N=N/N=N/N=N/N=N/N=N/N=N/N=N/N=N/N=N/N=N/N=N/N=N/N=N/N=N/N=N/N=N/N=N/N=N/N=N/N=N/N=N/N=N/N=N/N=N/N=N/N=N/N=N/N=N/N=N/N=N/N=N/N=N/N=N/N=N/N=N/N=N/N=N. The van der Waals surface area contributed by atoms with Gasteiger partial charge in [-0.05, 0) is 88.7 Å². The maximum absolute atomic E-state index is 8.03. The van der Waals surface area contributed by atoms with Crippen LogP contribution in [-0.2, 0) is 0 Å². The van der Waals surface area contributed by atoms with E-state index in [9.17, 15) is 0 Å². The van der Waals surface area contributed by atoms with E-state index in [2.05, 4.69) is 527 Å². The predicted molar refractivity (Wildman–Crippen MR) is 254 cm³/mol. The first-order chi connectivity index (χ1) is 51.9. The largest absolute Gasteiger partial charge is 0.227 e. The van der Waals surface area contributed by atoms with Gasteiger partial charge in [0.1, 0.15) is 0 Å². The molecular weight excluding hydrogens is 1450 g/mol. The van der Waals surface area contributed by atoms with Crippen LogP contribution in [0.5, 0.6) is 0 Å². The van der Waals surface area contributed by atoms with Crippen molar-refractivity contribution in [1.82, 2.24) is 0 Å². The lowest BCUT2D eigenvalue weighted by atomic mass is 11.5. The maximum Gasteiger partial charge on any atom is 0.227 e. The normalized spacial score (nSPS) is 15.5. The molecule has 0 saturated heterocycles. The van der Waals surface area contributed by atoms with Crippen LogP contribution in [-0.4, -0.2) is 0 Å². The number of rotatable bonds is 50. The molecule has 0 saturated carbocycles. The molecule has 0 heterocycles. The van der Waals surface area contributed by atoms with E-state index in [0.717, 1.165) is 0 Å². The third-order valence-corrected chi connectivity index (χ3v) is 4.05. The summed E-state index contributed by atoms with van der Waals surface area (Å²) in [6.07, 6.45) is 1.31. The van der Waals surface area contributed by atoms with Gasteiger partial charge in [-0.2, -0.15) is 10.8 Å². The second-order valence-corrected chi connectivity index (χ2v) is 9.15. The van der Waals surface area contributed by atoms with Gasteiger partial charge in [0.05, 0.1) is 0 Å². The Bertz CT molecular complexity index is 3950. The first-order valence-electron chi connectivity index (χ1n) is 20.7. The number of hydrogen-bond donors (Lipinski definition) is 1. The van der Waals surface area contributed by atoms with Crippen molar-refractivity contribution in [1.29, 1.82) is 10.8 Å². The quantitative estimate of drug-likeness (QED) is 0.0346. The minimum atomic E-state index is 1.31. The van der Waals surface area contributed by atoms with Crippen molar-refractivity contribution in [2.24, 2.45) is 527 Å². The van der Waals surface area contributed by atoms with E-state index < -0.39 is 0 Å². The minimum Gasteiger partial charge on any atom is -0.183 e. The monoisotopic (exact) mass is 1460 g/mol. The molecule has 0 aromatic heterocycles. The van der Waals surface area contributed by atoms with Crippen LogP contribution in [0.1, 0.15) is 0 Å². The van der Waals surface area contributed by atoms with Crippen LogP contribution >= 0.6 is 0 Å². The first kappa shape index (κ1) is 83.1. The number of nitrogens with one attached hydrogen (secondary N) is 1. The lowest BCUT2D eigenvalue weighted by molar-refractivity contribution is 0.723. The van der Waals surface area contributed by atoms with E-state index in [1.165, 1.54) is 6.19 Å². The van der Waals surface area contributed by atoms with Gasteiger partial charge in [-0.25, -0.2) is 0 Å². The average molecular weight is 1460 g/mol. The zero-order valence-corrected chi connectivity index (χ0v) is 46.6. The van der Waals surface area contributed by atoms with Crippen molar-refractivity contribution in [3.05, 3.63) is 0 Å². The van der Waals surface area contributed by atoms with E-state index in [-0.39, 0.29) is 0 Å². The van der Waals surface area contributed by atoms with E-state index in [1.54, 1.807) is 0 Å². The smallest absolute Gasteiger partial charge is 0.183 e. The lowest BCUT2D eigenvalue weighted by Crippen LogP contribution is -1.52. The van der Waals surface area contributed by atoms with Gasteiger partial charge in [0.25, 0.3) is 0 Å². The molecule has 1 N–H and O–H groups in total. The molecule has 103 heteroatoms. The third-order valence-electron chi connectivity index (χ3n) is 4.05. The van der Waals surface area contributed by atoms with Crippen LogP contribution in [0.2, 0.25) is 0 Å². The Balaban J connectivity index is 4.12. The van der Waals surface area contributed by atoms with Crippen molar-refractivity contribution in [3.63, 3.8) is 0 Å². The molecule has 0 spiro atoms. The standard InChI is InChI=1S/CHN103/c2-1-4-6-8-10-12-14-16-18-20-22-24-26-28-30-32-34-36-38-40-42-44-46-48-50-52-54-56-58-60-62-64-66-68-70-72-74-76-78-80-82-84-86-88-90-92-94-96-98-100-102-104-103-101-99-97-95-93-91-89-87-85-83-81-79-77-75-73-71-69-67-65-63-61-59-57-55-53-51-49-47-45-43-41-39-37-35-33-31-29-27-25-23-21-19-17-15-13-11-9-7-5-3/h3H/b5-3?,6-4?,9-7+,10-8+,13-11+,14-12+,17-15+,18-16+,21-19+,22-20+,25-23+,26-24+,29-27+,30-28+,33-31+,34-32+,37-35+,38-36+,41-39+,42-40+,45-43+,46-44+,49-47+,50-48+,53-51+,54-52+,57-55+,58-56+,61-59+,62-60+,65-63+,66-64+,69-67+,70-68+,73-71+,74-72+,77-75+,78-76+,81-79+,82-80+,85-83+,86-84+,89-87+,90-88+,93-91+,94-92+,97-95+,98-96+,101-99+,102-100+,104-103+. The van der Waals surface area contributed by atoms with Gasteiger partial charge in [-0.15, -0.1) is 0 Å². The molecule has 104 heavy (non-hydrogen) atoms. The number of nitrogens with zero attached hydrogens (tertiary/aromatic N) is 102. The highest BCUT2D eigenvalue weighted by Gasteiger charge is 1.80. The summed E-state index contributed by atoms with van der Waals surface area (Å²) in [5.74, 6) is 0. The van der Waals surface area contributed by atoms with Crippen LogP contribution in [0, 0.1) is 17.0 Å². The highest BCUT2D eigenvalue weighted by Crippen LogP contribution is 1.99. The minimum absolute atomic E-state index is 1.31. The topological polar surface area (TPSA) is 1300 Å². The van der Waals surface area contributed by atoms with Gasteiger partial charge in [0.15, 0.2) is 0 Å². The summed E-state index contributed by atoms with van der Waals surface area (Å²) < 4.78 is 0. The van der Waals surface area contributed by atoms with Crippen LogP contribution in [0.4, 0.5) is 0 Å². The summed E-state index contributed by atoms with van der Waals surface area (Å²) in [6.45, 7) is 0. The molecule has 0 bridgehead atoms. The van der Waals surface area contributed by atoms with Gasteiger partial charge >= 0.3 is 0 Å². The maximum atomic E-state index is 8.03. The molecule has 0 unspecified atom stereocenters. The fourth-order valence-corrected chi connectivity index (χ4v) is 1.80. The van der Waals surface area contributed by atoms with Crippen molar-refractivity contribution in [3.8, 4) is 6.19 Å². The van der Waals surface area contributed by atoms with E-state index in [0.29, 0.717) is 0 Å². The van der Waals surface area contributed by atoms with Crippen LogP contribution in [0.3, 0.4) is 0 Å². The fraction of sp³-hybridized carbons (Fsp3) is 0. The van der Waals surface area contributed by atoms with Gasteiger partial charge < -0.3 is 0 Å². The Hall–Kier alpha value is -20.9. The first-order valence-corrected chi connectivity index (χ1v) is 20.7. The van der Waals surface area contributed by atoms with E-state index >= 15 is 0 Å². The molecule has 0 atom stereocenters. The van der Waals surface area contributed by atoms with Gasteiger partial charge in [-0.1, -0.05) is 0 Å². The highest BCUT2D eigenvalue weighted by atomic mass is 15.8. The molecule has 0 rings (SSSR count). The molecule has 0 aromatic carbocycles. The second kappa shape index (κ2) is 82.1. The summed E-state index contributed by atoms with van der Waals surface area (Å²) in [5, 5.41) is 309. The molecule has 0 radical (unpaired) electrons. The summed E-state index contributed by atoms with van der Waals surface area (Å²) in [5.41, 5.74) is 6.27. The van der Waals surface area contributed by atoms with Gasteiger partial charge in [0, 0.05) is 439 Å². The van der Waals surface area contributed by atoms with Crippen molar-refractivity contribution in [2.45, 2.75) is 0 Å². The van der Waals surface area contributed by atoms with E-state index in [1.807, 2.05) is 0 Å². The molecule has 0 fully saturated rings. The molecule has 0 amide bonds. The molecular formula is CHN103. The lowest BCUT2D eigenvalue weighted by Gasteiger charge is -1.71. The van der Waals surface area contributed by atoms with Gasteiger partial charge in [-0.3, -0.25) is 0 Å². The van der Waals surface area contributed by atoms with E-state index in [4.69, 9.17) is 10.8 Å². The molecule has 0 aliphatic heterocycles. The molecule has 0 aliphatic rings. The summed E-state index contributed by atoms with van der Waals surface area (Å²) in [6, 6.07) is 0. The van der Waals surface area contributed by atoms with Crippen LogP contribution < -0.4 is 0 Å². The molecule has 103 nitrogen and oxygen atoms in total. The Morgan fingerprint density at radius 3 is 0.212 bits per heavy atom. The Morgan fingerprint density at radius 2 is 0.154 bits per heavy atom. The molecule has 0 aliphatic carbocycles. The molecule has 520 valence electrons. The zero-order chi connectivity index (χ0) is 74.1. The highest BCUT2D eigenvalue weighted by molar-refractivity contribution is 4.56. The fourth-order valence-electron chi connectivity index (χ4n) is 1.80. The van der Waals surface area contributed by atoms with Crippen molar-refractivity contribution in [2.75, 3.05) is 0 Å². The van der Waals surface area contributed by atoms with Crippen molar-refractivity contribution < 1.29 is 0 Å². The average Bonchev–Trinajstić information content (AvgIpc) is 3.68. The summed E-state index contributed by atoms with van der Waals surface area (Å²) in [7, 11) is 0. The third kappa shape index (κ3) is 81.1. The Labute approximate surface area is 544 Å². The summed E-state index contributed by atoms with van der Waals surface area (Å²) in [4.78, 5) is 0. The molecule has 0 aromatic rings. The number of nitriles is 1. The van der Waals surface area contributed by atoms with Crippen molar-refractivity contribution >= 4 is 0 Å². The Kier molecular flexibility index (Phi) is 65.6. The number of hydrogen-bond acceptors (Lipinski definition) is 3. The van der Waals surface area contributed by atoms with Crippen LogP contribution in [0.15, 0.2) is 527 Å².